The van der Waals surface area contributed by atoms with Gasteiger partial charge in [0.1, 0.15) is 12.4 Å². The highest BCUT2D eigenvalue weighted by Crippen LogP contribution is 2.29. The minimum Gasteiger partial charge on any atom is -0.368 e. The van der Waals surface area contributed by atoms with Crippen LogP contribution in [0.15, 0.2) is 47.4 Å². The maximum absolute atomic E-state index is 13.0. The fourth-order valence-electron chi connectivity index (χ4n) is 2.21. The largest absolute Gasteiger partial charge is 0.368 e. The van der Waals surface area contributed by atoms with Crippen LogP contribution in [0.25, 0.3) is 0 Å². The van der Waals surface area contributed by atoms with E-state index in [1.165, 1.54) is 19.1 Å². The number of aryl methyl sites for hydroxylation is 1. The molecule has 0 aliphatic carbocycles. The maximum Gasteiger partial charge on any atom is 0.269 e. The van der Waals surface area contributed by atoms with E-state index >= 15 is 0 Å². The van der Waals surface area contributed by atoms with Crippen LogP contribution in [0.5, 0.6) is 0 Å². The Balaban J connectivity index is 2.58. The summed E-state index contributed by atoms with van der Waals surface area (Å²) < 4.78 is 39.4. The van der Waals surface area contributed by atoms with E-state index in [2.05, 4.69) is 0 Å². The summed E-state index contributed by atoms with van der Waals surface area (Å²) in [5, 5.41) is 10.8. The lowest BCUT2D eigenvalue weighted by molar-refractivity contribution is -0.384. The molecule has 0 saturated carbocycles. The average Bonchev–Trinajstić information content (AvgIpc) is 2.53. The molecule has 2 N–H and O–H groups in total. The molecule has 0 atom stereocenters. The van der Waals surface area contributed by atoms with Crippen LogP contribution >= 0.6 is 0 Å². The number of amides is 1. The minimum absolute atomic E-state index is 0.0636. The van der Waals surface area contributed by atoms with Crippen LogP contribution in [-0.2, 0) is 14.8 Å². The lowest BCUT2D eigenvalue weighted by atomic mass is 10.2. The third kappa shape index (κ3) is 3.91. The predicted molar refractivity (Wildman–Crippen MR) is 88.0 cm³/mol. The number of sulfonamides is 1. The quantitative estimate of drug-likeness (QED) is 0.615. The molecule has 10 heteroatoms. The molecular weight excluding hydrogens is 353 g/mol. The standard InChI is InChI=1S/C15H14FN3O5S/c1-10-8-12(19(21)22)4-7-14(10)18(9-15(17)20)25(23,24)13-5-2-11(16)3-6-13/h2-8H,9H2,1H3,(H2,17,20). The number of rotatable bonds is 6. The topological polar surface area (TPSA) is 124 Å². The molecule has 0 unspecified atom stereocenters. The van der Waals surface area contributed by atoms with Crippen LogP contribution in [0.3, 0.4) is 0 Å². The van der Waals surface area contributed by atoms with E-state index in [4.69, 9.17) is 5.73 Å². The molecular formula is C15H14FN3O5S. The number of anilines is 1. The summed E-state index contributed by atoms with van der Waals surface area (Å²) in [7, 11) is -4.23. The summed E-state index contributed by atoms with van der Waals surface area (Å²) in [6, 6.07) is 7.58. The van der Waals surface area contributed by atoms with Crippen molar-refractivity contribution in [3.63, 3.8) is 0 Å². The zero-order chi connectivity index (χ0) is 18.8. The molecule has 0 heterocycles. The summed E-state index contributed by atoms with van der Waals surface area (Å²) >= 11 is 0. The average molecular weight is 367 g/mol. The van der Waals surface area contributed by atoms with Gasteiger partial charge in [-0.3, -0.25) is 19.2 Å². The molecule has 0 aliphatic rings. The van der Waals surface area contributed by atoms with Crippen molar-refractivity contribution in [2.24, 2.45) is 5.73 Å². The van der Waals surface area contributed by atoms with E-state index in [0.29, 0.717) is 0 Å². The number of non-ortho nitro benzene ring substituents is 1. The molecule has 0 radical (unpaired) electrons. The second-order valence-corrected chi connectivity index (χ2v) is 7.02. The first-order valence-electron chi connectivity index (χ1n) is 6.94. The number of primary amides is 1. The van der Waals surface area contributed by atoms with Crippen molar-refractivity contribution in [2.45, 2.75) is 11.8 Å². The highest BCUT2D eigenvalue weighted by Gasteiger charge is 2.28. The summed E-state index contributed by atoms with van der Waals surface area (Å²) in [5.41, 5.74) is 5.25. The third-order valence-electron chi connectivity index (χ3n) is 3.36. The normalized spacial score (nSPS) is 11.1. The first-order chi connectivity index (χ1) is 11.6. The van der Waals surface area contributed by atoms with Gasteiger partial charge in [-0.25, -0.2) is 12.8 Å². The highest BCUT2D eigenvalue weighted by molar-refractivity contribution is 7.92. The summed E-state index contributed by atoms with van der Waals surface area (Å²) in [6.45, 7) is 0.800. The Morgan fingerprint density at radius 1 is 1.24 bits per heavy atom. The Morgan fingerprint density at radius 2 is 1.84 bits per heavy atom. The van der Waals surface area contributed by atoms with Crippen molar-refractivity contribution in [1.29, 1.82) is 0 Å². The van der Waals surface area contributed by atoms with Crippen molar-refractivity contribution < 1.29 is 22.5 Å². The fourth-order valence-corrected chi connectivity index (χ4v) is 3.70. The van der Waals surface area contributed by atoms with Gasteiger partial charge in [0.15, 0.2) is 0 Å². The van der Waals surface area contributed by atoms with Gasteiger partial charge in [-0.15, -0.1) is 0 Å². The van der Waals surface area contributed by atoms with Gasteiger partial charge in [-0.2, -0.15) is 0 Å². The van der Waals surface area contributed by atoms with Crippen molar-refractivity contribution in [3.05, 3.63) is 64.0 Å². The van der Waals surface area contributed by atoms with Gasteiger partial charge in [0.2, 0.25) is 5.91 Å². The van der Waals surface area contributed by atoms with E-state index in [0.717, 1.165) is 34.6 Å². The van der Waals surface area contributed by atoms with E-state index < -0.39 is 33.2 Å². The number of hydrogen-bond donors (Lipinski definition) is 1. The molecule has 2 aromatic rings. The number of carbonyl (C=O) groups excluding carboxylic acids is 1. The van der Waals surface area contributed by atoms with Gasteiger partial charge in [-0.05, 0) is 42.8 Å². The van der Waals surface area contributed by atoms with Crippen LogP contribution in [0.1, 0.15) is 5.56 Å². The van der Waals surface area contributed by atoms with Gasteiger partial charge in [0, 0.05) is 12.1 Å². The highest BCUT2D eigenvalue weighted by atomic mass is 32.2. The van der Waals surface area contributed by atoms with E-state index in [9.17, 15) is 27.7 Å². The second-order valence-electron chi connectivity index (χ2n) is 5.16. The second kappa shape index (κ2) is 6.85. The Morgan fingerprint density at radius 3 is 2.32 bits per heavy atom. The van der Waals surface area contributed by atoms with Gasteiger partial charge < -0.3 is 5.73 Å². The molecule has 1 amide bonds. The SMILES string of the molecule is Cc1cc([N+](=O)[O-])ccc1N(CC(N)=O)S(=O)(=O)c1ccc(F)cc1. The fraction of sp³-hybridized carbons (Fsp3) is 0.133. The molecule has 0 bridgehead atoms. The first-order valence-corrected chi connectivity index (χ1v) is 8.38. The zero-order valence-corrected chi connectivity index (χ0v) is 13.9. The minimum atomic E-state index is -4.23. The third-order valence-corrected chi connectivity index (χ3v) is 5.13. The number of benzene rings is 2. The number of nitrogens with zero attached hydrogens (tertiary/aromatic N) is 2. The van der Waals surface area contributed by atoms with Crippen LogP contribution in [0.2, 0.25) is 0 Å². The Bertz CT molecular complexity index is 929. The number of nitrogens with two attached hydrogens (primary N) is 1. The van der Waals surface area contributed by atoms with E-state index in [-0.39, 0.29) is 21.8 Å². The molecule has 0 fully saturated rings. The van der Waals surface area contributed by atoms with Crippen molar-refractivity contribution in [1.82, 2.24) is 0 Å². The Kier molecular flexibility index (Phi) is 5.02. The molecule has 2 rings (SSSR count). The van der Waals surface area contributed by atoms with Crippen LogP contribution in [0, 0.1) is 22.9 Å². The van der Waals surface area contributed by atoms with Gasteiger partial charge >= 0.3 is 0 Å². The summed E-state index contributed by atoms with van der Waals surface area (Å²) in [5.74, 6) is -1.53. The van der Waals surface area contributed by atoms with Crippen LogP contribution in [0.4, 0.5) is 15.8 Å². The molecule has 132 valence electrons. The van der Waals surface area contributed by atoms with E-state index in [1.807, 2.05) is 0 Å². The molecule has 0 saturated heterocycles. The molecule has 0 aliphatic heterocycles. The Labute approximate surface area is 142 Å². The lowest BCUT2D eigenvalue weighted by Crippen LogP contribution is -2.39. The van der Waals surface area contributed by atoms with Crippen LogP contribution < -0.4 is 10.0 Å². The lowest BCUT2D eigenvalue weighted by Gasteiger charge is -2.24. The van der Waals surface area contributed by atoms with Crippen molar-refractivity contribution >= 4 is 27.3 Å². The Hall–Kier alpha value is -3.01. The zero-order valence-electron chi connectivity index (χ0n) is 13.0. The van der Waals surface area contributed by atoms with Gasteiger partial charge in [0.25, 0.3) is 15.7 Å². The summed E-state index contributed by atoms with van der Waals surface area (Å²) in [4.78, 5) is 21.3. The monoisotopic (exact) mass is 367 g/mol. The first kappa shape index (κ1) is 18.3. The maximum atomic E-state index is 13.0. The van der Waals surface area contributed by atoms with Gasteiger partial charge in [0.05, 0.1) is 15.5 Å². The summed E-state index contributed by atoms with van der Waals surface area (Å²) in [6.07, 6.45) is 0. The molecule has 25 heavy (non-hydrogen) atoms. The van der Waals surface area contributed by atoms with Crippen molar-refractivity contribution in [3.8, 4) is 0 Å². The van der Waals surface area contributed by atoms with Crippen LogP contribution in [-0.4, -0.2) is 25.8 Å². The van der Waals surface area contributed by atoms with Crippen molar-refractivity contribution in [2.75, 3.05) is 10.8 Å². The smallest absolute Gasteiger partial charge is 0.269 e. The molecule has 8 nitrogen and oxygen atoms in total. The molecule has 2 aromatic carbocycles. The number of hydrogen-bond acceptors (Lipinski definition) is 5. The van der Waals surface area contributed by atoms with E-state index in [1.54, 1.807) is 0 Å². The number of halogens is 1. The number of carbonyl (C=O) groups is 1. The predicted octanol–water partition coefficient (Wildman–Crippen LogP) is 1.72. The molecule has 0 aromatic heterocycles. The van der Waals surface area contributed by atoms with Gasteiger partial charge in [-0.1, -0.05) is 0 Å². The molecule has 0 spiro atoms. The number of nitro benzene ring substituents is 1. The number of nitro groups is 1.